The van der Waals surface area contributed by atoms with Crippen molar-refractivity contribution in [2.45, 2.75) is 82.7 Å². The lowest BCUT2D eigenvalue weighted by atomic mass is 9.81. The monoisotopic (exact) mass is 705 g/mol. The molecule has 0 aliphatic carbocycles. The summed E-state index contributed by atoms with van der Waals surface area (Å²) in [7, 11) is 0. The molecule has 1 aliphatic heterocycles. The first-order chi connectivity index (χ1) is 23.6. The van der Waals surface area contributed by atoms with Crippen LogP contribution in [-0.2, 0) is 27.0 Å². The average molecular weight is 706 g/mol. The molecule has 4 rings (SSSR count). The summed E-state index contributed by atoms with van der Waals surface area (Å²) in [6, 6.07) is 16.9. The molecule has 1 saturated heterocycles. The number of rotatable bonds is 15. The molecule has 0 bridgehead atoms. The molecular formula is C38H41F6NO5. The molecule has 0 spiro atoms. The second kappa shape index (κ2) is 15.7. The number of amides is 2. The number of alkyl halides is 6. The van der Waals surface area contributed by atoms with E-state index in [4.69, 9.17) is 9.47 Å². The highest BCUT2D eigenvalue weighted by atomic mass is 19.4. The van der Waals surface area contributed by atoms with E-state index >= 15 is 0 Å². The second-order valence-corrected chi connectivity index (χ2v) is 12.6. The van der Waals surface area contributed by atoms with Gasteiger partial charge in [0.25, 0.3) is 5.60 Å². The number of ether oxygens (including phenoxy) is 2. The quantitative estimate of drug-likeness (QED) is 0.0974. The first-order valence-electron chi connectivity index (χ1n) is 16.5. The number of carbonyl (C=O) groups is 2. The van der Waals surface area contributed by atoms with Gasteiger partial charge in [0.15, 0.2) is 0 Å². The Hall–Kier alpha value is -4.32. The van der Waals surface area contributed by atoms with Gasteiger partial charge in [-0.15, -0.1) is 0 Å². The predicted octanol–water partition coefficient (Wildman–Crippen LogP) is 8.68. The molecule has 50 heavy (non-hydrogen) atoms. The largest absolute Gasteiger partial charge is 0.494 e. The van der Waals surface area contributed by atoms with Gasteiger partial charge in [-0.05, 0) is 74.1 Å². The van der Waals surface area contributed by atoms with Gasteiger partial charge in [-0.1, -0.05) is 68.0 Å². The normalized spacial score (nSPS) is 17.2. The Labute approximate surface area is 287 Å². The lowest BCUT2D eigenvalue weighted by molar-refractivity contribution is -0.376. The predicted molar refractivity (Wildman–Crippen MR) is 177 cm³/mol. The summed E-state index contributed by atoms with van der Waals surface area (Å²) < 4.78 is 94.9. The highest BCUT2D eigenvalue weighted by Crippen LogP contribution is 2.51. The number of hydrogen-bond acceptors (Lipinski definition) is 5. The Morgan fingerprint density at radius 3 is 2.12 bits per heavy atom. The van der Waals surface area contributed by atoms with Crippen molar-refractivity contribution in [2.75, 3.05) is 19.8 Å². The molecular weight excluding hydrogens is 664 g/mol. The van der Waals surface area contributed by atoms with Gasteiger partial charge in [-0.25, -0.2) is 0 Å². The zero-order chi connectivity index (χ0) is 36.7. The van der Waals surface area contributed by atoms with Crippen LogP contribution in [0.15, 0.2) is 72.8 Å². The molecule has 1 fully saturated rings. The molecule has 0 saturated carbocycles. The van der Waals surface area contributed by atoms with Crippen molar-refractivity contribution >= 4 is 17.9 Å². The van der Waals surface area contributed by atoms with Crippen LogP contribution in [0.4, 0.5) is 26.3 Å². The van der Waals surface area contributed by atoms with Gasteiger partial charge in [0, 0.05) is 30.5 Å². The van der Waals surface area contributed by atoms with Crippen molar-refractivity contribution in [3.63, 3.8) is 0 Å². The number of carbonyl (C=O) groups excluding carboxylic acids is 2. The fourth-order valence-corrected chi connectivity index (χ4v) is 5.97. The molecule has 3 aromatic carbocycles. The van der Waals surface area contributed by atoms with E-state index in [1.165, 1.54) is 17.1 Å². The van der Waals surface area contributed by atoms with E-state index in [2.05, 4.69) is 6.92 Å². The van der Waals surface area contributed by atoms with Crippen LogP contribution in [0.25, 0.3) is 6.08 Å². The smallest absolute Gasteiger partial charge is 0.430 e. The van der Waals surface area contributed by atoms with Gasteiger partial charge in [0.1, 0.15) is 11.5 Å². The van der Waals surface area contributed by atoms with E-state index < -0.39 is 28.9 Å². The number of benzene rings is 3. The minimum Gasteiger partial charge on any atom is -0.494 e. The summed E-state index contributed by atoms with van der Waals surface area (Å²) in [5, 5.41) is 10.2. The molecule has 1 aliphatic rings. The molecule has 2 amide bonds. The summed E-state index contributed by atoms with van der Waals surface area (Å²) in [6.07, 6.45) is -6.88. The Morgan fingerprint density at radius 1 is 0.880 bits per heavy atom. The van der Waals surface area contributed by atoms with E-state index in [9.17, 15) is 41.0 Å². The third-order valence-electron chi connectivity index (χ3n) is 8.82. The van der Waals surface area contributed by atoms with Crippen LogP contribution in [0.5, 0.6) is 11.5 Å². The minimum absolute atomic E-state index is 0.00246. The summed E-state index contributed by atoms with van der Waals surface area (Å²) in [6.45, 7) is 6.01. The Kier molecular flexibility index (Phi) is 12.1. The van der Waals surface area contributed by atoms with E-state index in [0.29, 0.717) is 48.5 Å². The number of likely N-dealkylation sites (tertiary alicyclic amines) is 1. The van der Waals surface area contributed by atoms with Crippen LogP contribution in [0.1, 0.15) is 80.7 Å². The fourth-order valence-electron chi connectivity index (χ4n) is 5.97. The maximum Gasteiger partial charge on any atom is 0.430 e. The number of allylic oxidation sites excluding steroid dienone is 1. The van der Waals surface area contributed by atoms with Gasteiger partial charge >= 0.3 is 12.4 Å². The Balaban J connectivity index is 1.50. The highest BCUT2D eigenvalue weighted by Gasteiger charge is 2.71. The van der Waals surface area contributed by atoms with Crippen molar-refractivity contribution in [3.05, 3.63) is 101 Å². The summed E-state index contributed by atoms with van der Waals surface area (Å²) >= 11 is 0. The number of hydrogen-bond donors (Lipinski definition) is 1. The number of halogens is 6. The molecule has 1 atom stereocenters. The van der Waals surface area contributed by atoms with E-state index in [-0.39, 0.29) is 54.7 Å². The van der Waals surface area contributed by atoms with Crippen molar-refractivity contribution in [1.82, 2.24) is 4.90 Å². The van der Waals surface area contributed by atoms with Crippen LogP contribution < -0.4 is 9.47 Å². The minimum atomic E-state index is -6.06. The van der Waals surface area contributed by atoms with Gasteiger partial charge in [-0.3, -0.25) is 14.5 Å². The van der Waals surface area contributed by atoms with Crippen molar-refractivity contribution in [2.24, 2.45) is 0 Å². The fraction of sp³-hybridized carbons (Fsp3) is 0.421. The van der Waals surface area contributed by atoms with Gasteiger partial charge in [0.2, 0.25) is 11.8 Å². The van der Waals surface area contributed by atoms with Gasteiger partial charge in [0.05, 0.1) is 18.6 Å². The molecule has 270 valence electrons. The van der Waals surface area contributed by atoms with E-state index in [1.807, 2.05) is 0 Å². The number of nitrogens with zero attached hydrogens (tertiary/aromatic N) is 1. The molecule has 3 aromatic rings. The van der Waals surface area contributed by atoms with Crippen LogP contribution in [0.3, 0.4) is 0 Å². The zero-order valence-corrected chi connectivity index (χ0v) is 28.2. The lowest BCUT2D eigenvalue weighted by Crippen LogP contribution is -2.54. The zero-order valence-electron chi connectivity index (χ0n) is 28.2. The molecule has 12 heteroatoms. The molecule has 1 N–H and O–H groups in total. The molecule has 0 radical (unpaired) electrons. The van der Waals surface area contributed by atoms with E-state index in [0.717, 1.165) is 12.8 Å². The van der Waals surface area contributed by atoms with Crippen molar-refractivity contribution in [3.8, 4) is 11.5 Å². The number of imide groups is 1. The Bertz CT molecular complexity index is 1640. The first-order valence-corrected chi connectivity index (χ1v) is 16.5. The molecule has 0 aromatic heterocycles. The first kappa shape index (κ1) is 38.5. The average Bonchev–Trinajstić information content (AvgIpc) is 3.28. The third-order valence-corrected chi connectivity index (χ3v) is 8.82. The third kappa shape index (κ3) is 8.17. The summed E-state index contributed by atoms with van der Waals surface area (Å²) in [5.74, 6) is 0.0843. The van der Waals surface area contributed by atoms with Gasteiger partial charge < -0.3 is 14.6 Å². The lowest BCUT2D eigenvalue weighted by Gasteiger charge is -2.33. The second-order valence-electron chi connectivity index (χ2n) is 12.6. The summed E-state index contributed by atoms with van der Waals surface area (Å²) in [5.41, 5.74) is -6.32. The number of unbranched alkanes of at least 4 members (excludes halogenated alkanes) is 2. The SMILES string of the molecule is C/C=C/c1cc(C(O)(C(F)(F)F)C(F)(F)F)cc(Cc2ccccc2)c1OCCCCN1C(=O)CC(C)(c2ccc(OCCCC)cc2)C1=O. The molecule has 1 heterocycles. The number of aliphatic hydroxyl groups is 1. The maximum atomic E-state index is 13.9. The van der Waals surface area contributed by atoms with Gasteiger partial charge in [-0.2, -0.15) is 26.3 Å². The van der Waals surface area contributed by atoms with Crippen LogP contribution in [-0.4, -0.2) is 53.9 Å². The highest BCUT2D eigenvalue weighted by molar-refractivity contribution is 6.08. The van der Waals surface area contributed by atoms with Crippen LogP contribution in [0, 0.1) is 0 Å². The standard InChI is InChI=1S/C38H41F6NO5/c1-4-6-20-49-31-17-15-29(16-18-31)35(3)25-32(46)45(34(35)47)19-10-11-21-50-33-27(12-5-2)23-30(36(48,37(39,40)41)38(42,43)44)24-28(33)22-26-13-8-7-9-14-26/h5,7-9,12-18,23-24,48H,4,6,10-11,19-22,25H2,1-3H3/b12-5+. The van der Waals surface area contributed by atoms with Crippen molar-refractivity contribution in [1.29, 1.82) is 0 Å². The van der Waals surface area contributed by atoms with Crippen molar-refractivity contribution < 1.29 is 50.5 Å². The van der Waals surface area contributed by atoms with Crippen LogP contribution in [0.2, 0.25) is 0 Å². The van der Waals surface area contributed by atoms with E-state index in [1.54, 1.807) is 68.4 Å². The Morgan fingerprint density at radius 2 is 1.52 bits per heavy atom. The maximum absolute atomic E-state index is 13.9. The topological polar surface area (TPSA) is 76.1 Å². The van der Waals surface area contributed by atoms with Crippen LogP contribution >= 0.6 is 0 Å². The molecule has 6 nitrogen and oxygen atoms in total. The summed E-state index contributed by atoms with van der Waals surface area (Å²) in [4.78, 5) is 27.6. The molecule has 1 unspecified atom stereocenters.